The van der Waals surface area contributed by atoms with Gasteiger partial charge in [-0.25, -0.2) is 0 Å². The van der Waals surface area contributed by atoms with Crippen LogP contribution < -0.4 is 5.73 Å². The Balaban J connectivity index is 1.86. The van der Waals surface area contributed by atoms with Gasteiger partial charge in [0, 0.05) is 0 Å². The van der Waals surface area contributed by atoms with Gasteiger partial charge in [-0.05, 0) is 38.0 Å². The maximum atomic E-state index is 11.0. The van der Waals surface area contributed by atoms with E-state index in [1.807, 2.05) is 0 Å². The molecule has 0 aromatic heterocycles. The number of rotatable bonds is 5. The third kappa shape index (κ3) is 1.77. The molecular formula is C10H17NO3. The highest BCUT2D eigenvalue weighted by Crippen LogP contribution is 2.39. The van der Waals surface area contributed by atoms with Gasteiger partial charge in [0.25, 0.3) is 0 Å². The lowest BCUT2D eigenvalue weighted by molar-refractivity contribution is -0.149. The standard InChI is InChI=1S/C10H17NO3/c11-10(9(12)13,7-4-5-7)6-14-8-2-1-3-8/h7-8H,1-6,11H2,(H,12,13). The largest absolute Gasteiger partial charge is 0.480 e. The molecule has 0 spiro atoms. The van der Waals surface area contributed by atoms with Gasteiger partial charge in [0.1, 0.15) is 5.54 Å². The second-order valence-electron chi connectivity index (χ2n) is 4.48. The molecule has 4 heteroatoms. The van der Waals surface area contributed by atoms with E-state index in [4.69, 9.17) is 15.6 Å². The lowest BCUT2D eigenvalue weighted by Crippen LogP contribution is -2.54. The van der Waals surface area contributed by atoms with E-state index in [-0.39, 0.29) is 18.6 Å². The van der Waals surface area contributed by atoms with Crippen LogP contribution in [0.1, 0.15) is 32.1 Å². The van der Waals surface area contributed by atoms with Gasteiger partial charge in [0.15, 0.2) is 0 Å². The molecule has 0 aliphatic heterocycles. The van der Waals surface area contributed by atoms with E-state index in [0.29, 0.717) is 0 Å². The summed E-state index contributed by atoms with van der Waals surface area (Å²) in [7, 11) is 0. The summed E-state index contributed by atoms with van der Waals surface area (Å²) >= 11 is 0. The fourth-order valence-corrected chi connectivity index (χ4v) is 1.75. The van der Waals surface area contributed by atoms with Crippen LogP contribution in [0.5, 0.6) is 0 Å². The third-order valence-corrected chi connectivity index (χ3v) is 3.31. The van der Waals surface area contributed by atoms with Crippen LogP contribution in [-0.4, -0.2) is 29.3 Å². The quantitative estimate of drug-likeness (QED) is 0.685. The Bertz CT molecular complexity index is 236. The highest BCUT2D eigenvalue weighted by molar-refractivity contribution is 5.79. The van der Waals surface area contributed by atoms with Gasteiger partial charge in [0.2, 0.25) is 0 Å². The van der Waals surface area contributed by atoms with Gasteiger partial charge in [-0.15, -0.1) is 0 Å². The monoisotopic (exact) mass is 199 g/mol. The maximum Gasteiger partial charge on any atom is 0.326 e. The van der Waals surface area contributed by atoms with Crippen molar-refractivity contribution in [1.29, 1.82) is 0 Å². The number of hydrogen-bond acceptors (Lipinski definition) is 3. The van der Waals surface area contributed by atoms with Crippen molar-refractivity contribution >= 4 is 5.97 Å². The zero-order valence-electron chi connectivity index (χ0n) is 8.24. The zero-order valence-corrected chi connectivity index (χ0v) is 8.24. The summed E-state index contributed by atoms with van der Waals surface area (Å²) in [4.78, 5) is 11.0. The van der Waals surface area contributed by atoms with Crippen LogP contribution in [-0.2, 0) is 9.53 Å². The van der Waals surface area contributed by atoms with E-state index in [1.54, 1.807) is 0 Å². The van der Waals surface area contributed by atoms with Gasteiger partial charge in [-0.1, -0.05) is 0 Å². The van der Waals surface area contributed by atoms with Crippen molar-refractivity contribution in [2.24, 2.45) is 11.7 Å². The number of nitrogens with two attached hydrogens (primary N) is 1. The number of hydrogen-bond donors (Lipinski definition) is 2. The smallest absolute Gasteiger partial charge is 0.326 e. The van der Waals surface area contributed by atoms with Gasteiger partial charge in [-0.2, -0.15) is 0 Å². The van der Waals surface area contributed by atoms with E-state index in [1.165, 1.54) is 6.42 Å². The molecule has 0 radical (unpaired) electrons. The molecule has 3 N–H and O–H groups in total. The Kier molecular flexibility index (Phi) is 2.49. The van der Waals surface area contributed by atoms with E-state index >= 15 is 0 Å². The molecule has 0 aromatic rings. The van der Waals surface area contributed by atoms with Crippen molar-refractivity contribution in [3.8, 4) is 0 Å². The Morgan fingerprint density at radius 1 is 1.43 bits per heavy atom. The first-order valence-electron chi connectivity index (χ1n) is 5.27. The topological polar surface area (TPSA) is 72.5 Å². The predicted molar refractivity (Wildman–Crippen MR) is 50.9 cm³/mol. The molecule has 2 saturated carbocycles. The lowest BCUT2D eigenvalue weighted by atomic mass is 9.93. The molecule has 1 atom stereocenters. The highest BCUT2D eigenvalue weighted by atomic mass is 16.5. The Morgan fingerprint density at radius 2 is 2.07 bits per heavy atom. The van der Waals surface area contributed by atoms with Crippen molar-refractivity contribution in [1.82, 2.24) is 0 Å². The third-order valence-electron chi connectivity index (χ3n) is 3.31. The number of aliphatic carboxylic acids is 1. The van der Waals surface area contributed by atoms with E-state index in [0.717, 1.165) is 25.7 Å². The number of carboxylic acid groups (broad SMARTS) is 1. The number of carboxylic acids is 1. The minimum Gasteiger partial charge on any atom is -0.480 e. The van der Waals surface area contributed by atoms with Gasteiger partial charge in [0.05, 0.1) is 12.7 Å². The minimum atomic E-state index is -1.13. The normalized spacial score (nSPS) is 26.6. The first-order valence-corrected chi connectivity index (χ1v) is 5.27. The van der Waals surface area contributed by atoms with Crippen molar-refractivity contribution in [3.63, 3.8) is 0 Å². The van der Waals surface area contributed by atoms with Crippen LogP contribution in [0.15, 0.2) is 0 Å². The fourth-order valence-electron chi connectivity index (χ4n) is 1.75. The molecule has 2 aliphatic rings. The molecule has 2 rings (SSSR count). The second kappa shape index (κ2) is 3.51. The van der Waals surface area contributed by atoms with Crippen molar-refractivity contribution < 1.29 is 14.6 Å². The molecule has 0 amide bonds. The van der Waals surface area contributed by atoms with Crippen LogP contribution in [0.3, 0.4) is 0 Å². The lowest BCUT2D eigenvalue weighted by Gasteiger charge is -2.31. The average Bonchev–Trinajstić information content (AvgIpc) is 2.82. The van der Waals surface area contributed by atoms with Crippen LogP contribution in [0.25, 0.3) is 0 Å². The molecule has 4 nitrogen and oxygen atoms in total. The minimum absolute atomic E-state index is 0.125. The SMILES string of the molecule is NC(COC1CCC1)(C(=O)O)C1CC1. The van der Waals surface area contributed by atoms with Gasteiger partial charge in [-0.3, -0.25) is 4.79 Å². The number of carbonyl (C=O) groups is 1. The van der Waals surface area contributed by atoms with Crippen LogP contribution in [0, 0.1) is 5.92 Å². The van der Waals surface area contributed by atoms with Crippen LogP contribution in [0.4, 0.5) is 0 Å². The van der Waals surface area contributed by atoms with Crippen molar-refractivity contribution in [3.05, 3.63) is 0 Å². The average molecular weight is 199 g/mol. The highest BCUT2D eigenvalue weighted by Gasteiger charge is 2.49. The Labute approximate surface area is 83.4 Å². The summed E-state index contributed by atoms with van der Waals surface area (Å²) in [5.41, 5.74) is 4.72. The zero-order chi connectivity index (χ0) is 10.2. The molecule has 1 unspecified atom stereocenters. The summed E-state index contributed by atoms with van der Waals surface area (Å²) in [5, 5.41) is 9.04. The molecule has 2 aliphatic carbocycles. The Morgan fingerprint density at radius 3 is 2.43 bits per heavy atom. The van der Waals surface area contributed by atoms with Gasteiger partial charge < -0.3 is 15.6 Å². The van der Waals surface area contributed by atoms with Crippen molar-refractivity contribution in [2.45, 2.75) is 43.7 Å². The Hall–Kier alpha value is -0.610. The molecular weight excluding hydrogens is 182 g/mol. The van der Waals surface area contributed by atoms with Crippen LogP contribution >= 0.6 is 0 Å². The van der Waals surface area contributed by atoms with Gasteiger partial charge >= 0.3 is 5.97 Å². The molecule has 0 heterocycles. The predicted octanol–water partition coefficient (Wildman–Crippen LogP) is 0.748. The first-order chi connectivity index (χ1) is 6.63. The second-order valence-corrected chi connectivity index (χ2v) is 4.48. The molecule has 0 bridgehead atoms. The maximum absolute atomic E-state index is 11.0. The summed E-state index contributed by atoms with van der Waals surface area (Å²) in [5.74, 6) is -0.792. The number of ether oxygens (including phenoxy) is 1. The summed E-state index contributed by atoms with van der Waals surface area (Å²) < 4.78 is 5.50. The summed E-state index contributed by atoms with van der Waals surface area (Å²) in [6.45, 7) is 0.178. The molecule has 0 saturated heterocycles. The molecule has 0 aromatic carbocycles. The van der Waals surface area contributed by atoms with E-state index in [9.17, 15) is 4.79 Å². The molecule has 2 fully saturated rings. The summed E-state index contributed by atoms with van der Waals surface area (Å²) in [6, 6.07) is 0. The van der Waals surface area contributed by atoms with Crippen LogP contribution in [0.2, 0.25) is 0 Å². The first kappa shape index (κ1) is 9.93. The molecule has 80 valence electrons. The fraction of sp³-hybridized carbons (Fsp3) is 0.900. The van der Waals surface area contributed by atoms with Crippen molar-refractivity contribution in [2.75, 3.05) is 6.61 Å². The van der Waals surface area contributed by atoms with E-state index < -0.39 is 11.5 Å². The molecule has 14 heavy (non-hydrogen) atoms. The van der Waals surface area contributed by atoms with E-state index in [2.05, 4.69) is 0 Å². The summed E-state index contributed by atoms with van der Waals surface area (Å²) in [6.07, 6.45) is 5.42.